The van der Waals surface area contributed by atoms with E-state index in [0.29, 0.717) is 24.4 Å². The third-order valence-electron chi connectivity index (χ3n) is 5.12. The van der Waals surface area contributed by atoms with Crippen LogP contribution in [-0.4, -0.2) is 11.6 Å². The number of carbonyl (C=O) groups is 2. The maximum absolute atomic E-state index is 12.4. The number of ketones is 2. The number of fused-ring (bicyclic) bond motifs is 1. The summed E-state index contributed by atoms with van der Waals surface area (Å²) in [5.41, 5.74) is 0.838. The van der Waals surface area contributed by atoms with E-state index in [9.17, 15) is 9.59 Å². The highest BCUT2D eigenvalue weighted by atomic mass is 16.1. The van der Waals surface area contributed by atoms with Gasteiger partial charge in [-0.2, -0.15) is 0 Å². The summed E-state index contributed by atoms with van der Waals surface area (Å²) >= 11 is 0. The van der Waals surface area contributed by atoms with Gasteiger partial charge in [-0.05, 0) is 31.6 Å². The van der Waals surface area contributed by atoms with Crippen LogP contribution in [0.1, 0.15) is 46.5 Å². The van der Waals surface area contributed by atoms with Crippen molar-refractivity contribution >= 4 is 11.6 Å². The Morgan fingerprint density at radius 1 is 1.41 bits per heavy atom. The molecular weight excluding hydrogens is 212 g/mol. The predicted octanol–water partition coefficient (Wildman–Crippen LogP) is 3.16. The third-order valence-corrected chi connectivity index (χ3v) is 5.12. The summed E-state index contributed by atoms with van der Waals surface area (Å²) < 4.78 is 0. The van der Waals surface area contributed by atoms with E-state index >= 15 is 0 Å². The zero-order valence-corrected chi connectivity index (χ0v) is 11.1. The number of Topliss-reactive ketones (excluding diaryl/α,β-unsaturated/α-hetero) is 2. The molecule has 2 rings (SSSR count). The fraction of sp³-hybridized carbons (Fsp3) is 0.733. The molecule has 0 heterocycles. The van der Waals surface area contributed by atoms with Crippen LogP contribution in [0.4, 0.5) is 0 Å². The number of allylic oxidation sites excluding steroid dienone is 1. The molecule has 17 heavy (non-hydrogen) atoms. The second-order valence-corrected chi connectivity index (χ2v) is 6.19. The van der Waals surface area contributed by atoms with Crippen molar-refractivity contribution in [1.82, 2.24) is 0 Å². The van der Waals surface area contributed by atoms with Crippen molar-refractivity contribution in [3.8, 4) is 0 Å². The molecule has 0 radical (unpaired) electrons. The Hall–Kier alpha value is -0.920. The molecule has 0 bridgehead atoms. The average Bonchev–Trinajstić information content (AvgIpc) is 2.26. The van der Waals surface area contributed by atoms with Gasteiger partial charge in [-0.25, -0.2) is 0 Å². The zero-order chi connectivity index (χ0) is 12.8. The number of hydrogen-bond donors (Lipinski definition) is 0. The van der Waals surface area contributed by atoms with E-state index < -0.39 is 0 Å². The van der Waals surface area contributed by atoms with Crippen molar-refractivity contribution in [2.45, 2.75) is 46.5 Å². The minimum atomic E-state index is -0.251. The van der Waals surface area contributed by atoms with Crippen molar-refractivity contribution in [3.63, 3.8) is 0 Å². The Balaban J connectivity index is 2.31. The van der Waals surface area contributed by atoms with E-state index in [4.69, 9.17) is 0 Å². The molecule has 4 atom stereocenters. The first kappa shape index (κ1) is 12.5. The van der Waals surface area contributed by atoms with Crippen LogP contribution in [-0.2, 0) is 9.59 Å². The molecule has 0 aromatic heterocycles. The van der Waals surface area contributed by atoms with Crippen LogP contribution in [0.3, 0.4) is 0 Å². The molecule has 2 heteroatoms. The average molecular weight is 234 g/mol. The smallest absolute Gasteiger partial charge is 0.139 e. The number of carbonyl (C=O) groups excluding carboxylic acids is 2. The standard InChI is InChI=1S/C15H22O2/c1-9(2)11-7-12-10(3)13(16)5-6-15(12,4)14(17)8-11/h10-12H,1,5-8H2,2-4H3/t10-,11+,12-,15+/m0/s1. The SMILES string of the molecule is C=C(C)[C@H]1CC(=O)[C@]2(C)CCC(=O)[C@@H](C)[C@@H]2C1. The Bertz CT molecular complexity index is 382. The van der Waals surface area contributed by atoms with E-state index in [2.05, 4.69) is 13.5 Å². The third kappa shape index (κ3) is 1.88. The van der Waals surface area contributed by atoms with Gasteiger partial charge < -0.3 is 0 Å². The Morgan fingerprint density at radius 2 is 2.06 bits per heavy atom. The lowest BCUT2D eigenvalue weighted by atomic mass is 9.54. The summed E-state index contributed by atoms with van der Waals surface area (Å²) in [6, 6.07) is 0. The molecule has 0 unspecified atom stereocenters. The van der Waals surface area contributed by atoms with Gasteiger partial charge in [-0.3, -0.25) is 9.59 Å². The first-order valence-corrected chi connectivity index (χ1v) is 6.57. The van der Waals surface area contributed by atoms with Gasteiger partial charge in [-0.1, -0.05) is 26.0 Å². The van der Waals surface area contributed by atoms with Crippen molar-refractivity contribution in [1.29, 1.82) is 0 Å². The molecule has 0 aliphatic heterocycles. The first-order valence-electron chi connectivity index (χ1n) is 6.57. The van der Waals surface area contributed by atoms with Crippen LogP contribution < -0.4 is 0 Å². The van der Waals surface area contributed by atoms with Crippen LogP contribution in [0.25, 0.3) is 0 Å². The van der Waals surface area contributed by atoms with Crippen LogP contribution >= 0.6 is 0 Å². The van der Waals surface area contributed by atoms with Gasteiger partial charge in [0.1, 0.15) is 11.6 Å². The zero-order valence-electron chi connectivity index (χ0n) is 11.1. The van der Waals surface area contributed by atoms with Gasteiger partial charge in [0.25, 0.3) is 0 Å². The maximum atomic E-state index is 12.4. The molecule has 0 aromatic rings. The molecule has 0 amide bonds. The fourth-order valence-electron chi connectivity index (χ4n) is 3.60. The monoisotopic (exact) mass is 234 g/mol. The van der Waals surface area contributed by atoms with Crippen molar-refractivity contribution in [2.24, 2.45) is 23.2 Å². The summed E-state index contributed by atoms with van der Waals surface area (Å²) in [5, 5.41) is 0. The lowest BCUT2D eigenvalue weighted by Gasteiger charge is -2.48. The lowest BCUT2D eigenvalue weighted by Crippen LogP contribution is -2.50. The molecule has 2 aliphatic rings. The van der Waals surface area contributed by atoms with Crippen LogP contribution in [0, 0.1) is 23.2 Å². The second-order valence-electron chi connectivity index (χ2n) is 6.19. The van der Waals surface area contributed by atoms with Gasteiger partial charge >= 0.3 is 0 Å². The minimum Gasteiger partial charge on any atom is -0.299 e. The molecule has 94 valence electrons. The van der Waals surface area contributed by atoms with Crippen LogP contribution in [0.15, 0.2) is 12.2 Å². The molecule has 0 N–H and O–H groups in total. The van der Waals surface area contributed by atoms with Crippen molar-refractivity contribution in [2.75, 3.05) is 0 Å². The fourth-order valence-corrected chi connectivity index (χ4v) is 3.60. The van der Waals surface area contributed by atoms with Crippen molar-refractivity contribution < 1.29 is 9.59 Å². The van der Waals surface area contributed by atoms with E-state index in [1.807, 2.05) is 13.8 Å². The largest absolute Gasteiger partial charge is 0.299 e. The highest BCUT2D eigenvalue weighted by Gasteiger charge is 2.52. The van der Waals surface area contributed by atoms with E-state index in [0.717, 1.165) is 18.4 Å². The Morgan fingerprint density at radius 3 is 2.65 bits per heavy atom. The summed E-state index contributed by atoms with van der Waals surface area (Å²) in [5.74, 6) is 1.24. The summed E-state index contributed by atoms with van der Waals surface area (Å²) in [4.78, 5) is 24.2. The Labute approximate surface area is 103 Å². The van der Waals surface area contributed by atoms with E-state index in [1.165, 1.54) is 0 Å². The van der Waals surface area contributed by atoms with Crippen LogP contribution in [0.2, 0.25) is 0 Å². The molecule has 2 fully saturated rings. The number of hydrogen-bond acceptors (Lipinski definition) is 2. The first-order chi connectivity index (χ1) is 7.86. The Kier molecular flexibility index (Phi) is 3.01. The molecule has 0 aromatic carbocycles. The normalized spacial score (nSPS) is 42.2. The lowest BCUT2D eigenvalue weighted by molar-refractivity contribution is -0.146. The van der Waals surface area contributed by atoms with Crippen molar-refractivity contribution in [3.05, 3.63) is 12.2 Å². The van der Waals surface area contributed by atoms with Gasteiger partial charge in [0, 0.05) is 24.2 Å². The topological polar surface area (TPSA) is 34.1 Å². The second kappa shape index (κ2) is 4.08. The van der Waals surface area contributed by atoms with Crippen LogP contribution in [0.5, 0.6) is 0 Å². The highest BCUT2D eigenvalue weighted by Crippen LogP contribution is 2.51. The highest BCUT2D eigenvalue weighted by molar-refractivity contribution is 5.91. The molecule has 0 spiro atoms. The number of rotatable bonds is 1. The maximum Gasteiger partial charge on any atom is 0.139 e. The van der Waals surface area contributed by atoms with Gasteiger partial charge in [0.15, 0.2) is 0 Å². The van der Waals surface area contributed by atoms with Gasteiger partial charge in [-0.15, -0.1) is 0 Å². The summed E-state index contributed by atoms with van der Waals surface area (Å²) in [6.45, 7) is 10.0. The quantitative estimate of drug-likeness (QED) is 0.653. The minimum absolute atomic E-state index is 0.0415. The molecule has 2 nitrogen and oxygen atoms in total. The molecular formula is C15H22O2. The predicted molar refractivity (Wildman–Crippen MR) is 67.5 cm³/mol. The molecule has 2 saturated carbocycles. The van der Waals surface area contributed by atoms with Gasteiger partial charge in [0.05, 0.1) is 0 Å². The van der Waals surface area contributed by atoms with E-state index in [-0.39, 0.29) is 23.2 Å². The van der Waals surface area contributed by atoms with Gasteiger partial charge in [0.2, 0.25) is 0 Å². The summed E-state index contributed by atoms with van der Waals surface area (Å²) in [6.07, 6.45) is 2.92. The molecule has 2 aliphatic carbocycles. The molecule has 0 saturated heterocycles. The van der Waals surface area contributed by atoms with E-state index in [1.54, 1.807) is 0 Å². The summed E-state index contributed by atoms with van der Waals surface area (Å²) in [7, 11) is 0.